The SMILES string of the molecule is Cc1ccc(-c2nc3ccc(C(C)N)cc3[nH]2)cc1. The molecule has 1 atom stereocenters. The van der Waals surface area contributed by atoms with Crippen LogP contribution in [0.5, 0.6) is 0 Å². The fraction of sp³-hybridized carbons (Fsp3) is 0.188. The fourth-order valence-corrected chi connectivity index (χ4v) is 2.16. The average molecular weight is 251 g/mol. The van der Waals surface area contributed by atoms with Crippen LogP contribution in [-0.4, -0.2) is 9.97 Å². The maximum atomic E-state index is 5.91. The van der Waals surface area contributed by atoms with Gasteiger partial charge in [-0.1, -0.05) is 35.9 Å². The molecule has 0 aliphatic heterocycles. The molecule has 0 saturated heterocycles. The number of aromatic amines is 1. The minimum Gasteiger partial charge on any atom is -0.338 e. The van der Waals surface area contributed by atoms with Gasteiger partial charge in [-0.2, -0.15) is 0 Å². The van der Waals surface area contributed by atoms with Crippen LogP contribution in [0.1, 0.15) is 24.1 Å². The van der Waals surface area contributed by atoms with Gasteiger partial charge in [0.2, 0.25) is 0 Å². The van der Waals surface area contributed by atoms with Crippen LogP contribution in [0.4, 0.5) is 0 Å². The normalized spacial score (nSPS) is 12.8. The first kappa shape index (κ1) is 11.9. The standard InChI is InChI=1S/C16H17N3/c1-10-3-5-12(6-4-10)16-18-14-8-7-13(11(2)17)9-15(14)19-16/h3-9,11H,17H2,1-2H3,(H,18,19). The van der Waals surface area contributed by atoms with Gasteiger partial charge in [-0.3, -0.25) is 0 Å². The molecule has 96 valence electrons. The smallest absolute Gasteiger partial charge is 0.138 e. The maximum absolute atomic E-state index is 5.91. The molecule has 0 spiro atoms. The quantitative estimate of drug-likeness (QED) is 0.731. The van der Waals surface area contributed by atoms with Crippen LogP contribution < -0.4 is 5.73 Å². The Balaban J connectivity index is 2.08. The van der Waals surface area contributed by atoms with E-state index in [2.05, 4.69) is 47.2 Å². The Kier molecular flexibility index (Phi) is 2.84. The molecule has 19 heavy (non-hydrogen) atoms. The molecule has 3 nitrogen and oxygen atoms in total. The fourth-order valence-electron chi connectivity index (χ4n) is 2.16. The number of hydrogen-bond acceptors (Lipinski definition) is 2. The van der Waals surface area contributed by atoms with E-state index in [0.29, 0.717) is 0 Å². The summed E-state index contributed by atoms with van der Waals surface area (Å²) in [6.45, 7) is 4.07. The summed E-state index contributed by atoms with van der Waals surface area (Å²) < 4.78 is 0. The summed E-state index contributed by atoms with van der Waals surface area (Å²) >= 11 is 0. The monoisotopic (exact) mass is 251 g/mol. The summed E-state index contributed by atoms with van der Waals surface area (Å²) in [6, 6.07) is 14.5. The Labute approximate surface area is 112 Å². The Morgan fingerprint density at radius 3 is 2.53 bits per heavy atom. The molecule has 1 aromatic heterocycles. The van der Waals surface area contributed by atoms with Crippen LogP contribution in [-0.2, 0) is 0 Å². The molecule has 1 unspecified atom stereocenters. The summed E-state index contributed by atoms with van der Waals surface area (Å²) in [7, 11) is 0. The van der Waals surface area contributed by atoms with Gasteiger partial charge in [0.25, 0.3) is 0 Å². The predicted molar refractivity (Wildman–Crippen MR) is 78.9 cm³/mol. The molecule has 0 radical (unpaired) electrons. The van der Waals surface area contributed by atoms with Crippen molar-refractivity contribution in [3.8, 4) is 11.4 Å². The molecule has 2 aromatic carbocycles. The van der Waals surface area contributed by atoms with Crippen molar-refractivity contribution in [2.45, 2.75) is 19.9 Å². The highest BCUT2D eigenvalue weighted by atomic mass is 14.9. The number of imidazole rings is 1. The lowest BCUT2D eigenvalue weighted by molar-refractivity contribution is 0.819. The number of aromatic nitrogens is 2. The molecule has 0 aliphatic carbocycles. The maximum Gasteiger partial charge on any atom is 0.138 e. The zero-order valence-corrected chi connectivity index (χ0v) is 11.1. The summed E-state index contributed by atoms with van der Waals surface area (Å²) in [5, 5.41) is 0. The molecule has 3 rings (SSSR count). The Bertz CT molecular complexity index is 708. The van der Waals surface area contributed by atoms with E-state index in [4.69, 9.17) is 5.73 Å². The van der Waals surface area contributed by atoms with E-state index in [0.717, 1.165) is 28.0 Å². The number of nitrogens with one attached hydrogen (secondary N) is 1. The first-order valence-corrected chi connectivity index (χ1v) is 6.46. The molecule has 0 fully saturated rings. The van der Waals surface area contributed by atoms with Crippen molar-refractivity contribution in [3.63, 3.8) is 0 Å². The Hall–Kier alpha value is -2.13. The van der Waals surface area contributed by atoms with Crippen molar-refractivity contribution in [3.05, 3.63) is 53.6 Å². The predicted octanol–water partition coefficient (Wildman–Crippen LogP) is 3.56. The Morgan fingerprint density at radius 1 is 1.11 bits per heavy atom. The van der Waals surface area contributed by atoms with Crippen molar-refractivity contribution >= 4 is 11.0 Å². The van der Waals surface area contributed by atoms with E-state index in [1.807, 2.05) is 19.1 Å². The minimum absolute atomic E-state index is 0.0375. The van der Waals surface area contributed by atoms with E-state index in [1.165, 1.54) is 5.56 Å². The second-order valence-corrected chi connectivity index (χ2v) is 5.02. The van der Waals surface area contributed by atoms with Crippen LogP contribution in [0.2, 0.25) is 0 Å². The van der Waals surface area contributed by atoms with E-state index in [-0.39, 0.29) is 6.04 Å². The lowest BCUT2D eigenvalue weighted by Gasteiger charge is -2.03. The zero-order valence-electron chi connectivity index (χ0n) is 11.1. The van der Waals surface area contributed by atoms with Crippen LogP contribution in [0.3, 0.4) is 0 Å². The number of nitrogens with two attached hydrogens (primary N) is 1. The molecular weight excluding hydrogens is 234 g/mol. The van der Waals surface area contributed by atoms with Crippen molar-refractivity contribution in [2.75, 3.05) is 0 Å². The van der Waals surface area contributed by atoms with Crippen LogP contribution >= 0.6 is 0 Å². The van der Waals surface area contributed by atoms with Gasteiger partial charge in [-0.15, -0.1) is 0 Å². The van der Waals surface area contributed by atoms with Gasteiger partial charge >= 0.3 is 0 Å². The number of nitrogens with zero attached hydrogens (tertiary/aromatic N) is 1. The van der Waals surface area contributed by atoms with Crippen molar-refractivity contribution < 1.29 is 0 Å². The minimum atomic E-state index is 0.0375. The second kappa shape index (κ2) is 4.52. The van der Waals surface area contributed by atoms with Gasteiger partial charge in [0, 0.05) is 11.6 Å². The third-order valence-electron chi connectivity index (χ3n) is 3.36. The average Bonchev–Trinajstić information content (AvgIpc) is 2.82. The molecule has 0 saturated carbocycles. The van der Waals surface area contributed by atoms with Gasteiger partial charge in [0.05, 0.1) is 11.0 Å². The highest BCUT2D eigenvalue weighted by molar-refractivity contribution is 5.80. The van der Waals surface area contributed by atoms with Gasteiger partial charge < -0.3 is 10.7 Å². The van der Waals surface area contributed by atoms with Crippen molar-refractivity contribution in [1.29, 1.82) is 0 Å². The first-order valence-electron chi connectivity index (χ1n) is 6.46. The molecule has 3 heteroatoms. The molecule has 1 heterocycles. The molecule has 3 aromatic rings. The van der Waals surface area contributed by atoms with E-state index < -0.39 is 0 Å². The van der Waals surface area contributed by atoms with Crippen molar-refractivity contribution in [1.82, 2.24) is 9.97 Å². The van der Waals surface area contributed by atoms with Crippen LogP contribution in [0.25, 0.3) is 22.4 Å². The molecule has 0 bridgehead atoms. The summed E-state index contributed by atoms with van der Waals surface area (Å²) in [6.07, 6.45) is 0. The summed E-state index contributed by atoms with van der Waals surface area (Å²) in [4.78, 5) is 7.98. The van der Waals surface area contributed by atoms with Gasteiger partial charge in [0.1, 0.15) is 5.82 Å². The van der Waals surface area contributed by atoms with E-state index >= 15 is 0 Å². The van der Waals surface area contributed by atoms with Crippen LogP contribution in [0.15, 0.2) is 42.5 Å². The second-order valence-electron chi connectivity index (χ2n) is 5.02. The van der Waals surface area contributed by atoms with Crippen molar-refractivity contribution in [2.24, 2.45) is 5.73 Å². The van der Waals surface area contributed by atoms with Gasteiger partial charge in [0.15, 0.2) is 0 Å². The van der Waals surface area contributed by atoms with E-state index in [1.54, 1.807) is 0 Å². The highest BCUT2D eigenvalue weighted by Gasteiger charge is 2.07. The number of fused-ring (bicyclic) bond motifs is 1. The third kappa shape index (κ3) is 2.25. The van der Waals surface area contributed by atoms with E-state index in [9.17, 15) is 0 Å². The first-order chi connectivity index (χ1) is 9.13. The Morgan fingerprint density at radius 2 is 1.84 bits per heavy atom. The van der Waals surface area contributed by atoms with Gasteiger partial charge in [-0.05, 0) is 31.5 Å². The number of benzene rings is 2. The molecule has 0 amide bonds. The summed E-state index contributed by atoms with van der Waals surface area (Å²) in [5.74, 6) is 0.900. The number of aryl methyl sites for hydroxylation is 1. The lowest BCUT2D eigenvalue weighted by Crippen LogP contribution is -2.04. The highest BCUT2D eigenvalue weighted by Crippen LogP contribution is 2.23. The molecule has 3 N–H and O–H groups in total. The largest absolute Gasteiger partial charge is 0.338 e. The van der Waals surface area contributed by atoms with Crippen LogP contribution in [0, 0.1) is 6.92 Å². The topological polar surface area (TPSA) is 54.7 Å². The zero-order chi connectivity index (χ0) is 13.4. The third-order valence-corrected chi connectivity index (χ3v) is 3.36. The van der Waals surface area contributed by atoms with Gasteiger partial charge in [-0.25, -0.2) is 4.98 Å². The number of H-pyrrole nitrogens is 1. The lowest BCUT2D eigenvalue weighted by atomic mass is 10.1. The number of rotatable bonds is 2. The molecule has 0 aliphatic rings. The molecular formula is C16H17N3. The summed E-state index contributed by atoms with van der Waals surface area (Å²) in [5.41, 5.74) is 11.4. The number of hydrogen-bond donors (Lipinski definition) is 2.